The molecule has 2 N–H and O–H groups in total. The first-order valence-electron chi connectivity index (χ1n) is 8.77. The average Bonchev–Trinajstić information content (AvgIpc) is 2.71. The topological polar surface area (TPSA) is 92.3 Å². The van der Waals surface area contributed by atoms with E-state index in [4.69, 9.17) is 0 Å². The molecule has 7 heteroatoms. The second kappa shape index (κ2) is 6.78. The van der Waals surface area contributed by atoms with Gasteiger partial charge in [0.05, 0.1) is 4.90 Å². The Labute approximate surface area is 148 Å². The van der Waals surface area contributed by atoms with Crippen LogP contribution < -0.4 is 10.6 Å². The van der Waals surface area contributed by atoms with Gasteiger partial charge in [0.25, 0.3) is 0 Å². The molecule has 0 unspecified atom stereocenters. The maximum absolute atomic E-state index is 13.1. The first-order valence-corrected chi connectivity index (χ1v) is 10.3. The molecule has 1 aliphatic carbocycles. The van der Waals surface area contributed by atoms with Crippen LogP contribution in [-0.2, 0) is 19.4 Å². The lowest BCUT2D eigenvalue weighted by atomic mass is 9.83. The van der Waals surface area contributed by atoms with Gasteiger partial charge in [-0.2, -0.15) is 0 Å². The van der Waals surface area contributed by atoms with Crippen LogP contribution >= 0.6 is 0 Å². The van der Waals surface area contributed by atoms with Crippen LogP contribution in [0.5, 0.6) is 0 Å². The van der Waals surface area contributed by atoms with Crippen molar-refractivity contribution in [2.45, 2.75) is 61.1 Å². The fourth-order valence-electron chi connectivity index (χ4n) is 3.43. The predicted molar refractivity (Wildman–Crippen MR) is 93.7 cm³/mol. The van der Waals surface area contributed by atoms with Crippen LogP contribution in [0.2, 0.25) is 0 Å². The quantitative estimate of drug-likeness (QED) is 0.846. The third-order valence-corrected chi connectivity index (χ3v) is 7.78. The number of aryl methyl sites for hydroxylation is 1. The molecule has 0 bridgehead atoms. The predicted octanol–water partition coefficient (Wildman–Crippen LogP) is 1.48. The van der Waals surface area contributed by atoms with E-state index in [1.165, 1.54) is 0 Å². The van der Waals surface area contributed by atoms with Gasteiger partial charge < -0.3 is 10.6 Å². The zero-order valence-corrected chi connectivity index (χ0v) is 15.2. The lowest BCUT2D eigenvalue weighted by Crippen LogP contribution is -2.60. The first kappa shape index (κ1) is 17.9. The van der Waals surface area contributed by atoms with E-state index in [2.05, 4.69) is 10.6 Å². The zero-order valence-electron chi connectivity index (χ0n) is 14.4. The lowest BCUT2D eigenvalue weighted by Gasteiger charge is -2.40. The molecule has 136 valence electrons. The minimum absolute atomic E-state index is 0.165. The number of nitrogens with one attached hydrogen (secondary N) is 2. The van der Waals surface area contributed by atoms with Crippen LogP contribution in [0.4, 0.5) is 0 Å². The Bertz CT molecular complexity index is 767. The molecular weight excluding hydrogens is 340 g/mol. The van der Waals surface area contributed by atoms with Crippen molar-refractivity contribution in [1.29, 1.82) is 0 Å². The number of hydrogen-bond acceptors (Lipinski definition) is 4. The van der Waals surface area contributed by atoms with E-state index in [-0.39, 0.29) is 10.8 Å². The van der Waals surface area contributed by atoms with Gasteiger partial charge in [-0.15, -0.1) is 0 Å². The Morgan fingerprint density at radius 3 is 2.44 bits per heavy atom. The first-order chi connectivity index (χ1) is 11.9. The van der Waals surface area contributed by atoms with E-state index in [0.29, 0.717) is 32.2 Å². The Kier molecular flexibility index (Phi) is 4.86. The van der Waals surface area contributed by atoms with Gasteiger partial charge in [-0.25, -0.2) is 8.42 Å². The number of amides is 2. The molecule has 0 radical (unpaired) electrons. The molecule has 1 aromatic rings. The summed E-state index contributed by atoms with van der Waals surface area (Å²) in [5.74, 6) is -0.769. The van der Waals surface area contributed by atoms with Crippen molar-refractivity contribution in [3.05, 3.63) is 29.8 Å². The number of benzene rings is 1. The van der Waals surface area contributed by atoms with Crippen LogP contribution in [0.3, 0.4) is 0 Å². The van der Waals surface area contributed by atoms with Gasteiger partial charge in [-0.05, 0) is 57.6 Å². The average molecular weight is 364 g/mol. The van der Waals surface area contributed by atoms with Crippen LogP contribution in [0.25, 0.3) is 0 Å². The van der Waals surface area contributed by atoms with Crippen molar-refractivity contribution in [2.24, 2.45) is 0 Å². The Morgan fingerprint density at radius 2 is 1.84 bits per heavy atom. The van der Waals surface area contributed by atoms with Crippen LogP contribution in [-0.4, -0.2) is 37.6 Å². The highest BCUT2D eigenvalue weighted by Gasteiger charge is 2.56. The fourth-order valence-corrected chi connectivity index (χ4v) is 5.50. The highest BCUT2D eigenvalue weighted by molar-refractivity contribution is 7.93. The molecule has 2 amide bonds. The fraction of sp³-hybridized carbons (Fsp3) is 0.556. The van der Waals surface area contributed by atoms with Gasteiger partial charge in [0.15, 0.2) is 14.6 Å². The standard InChI is InChI=1S/C18H24N2O4S/c1-13-6-8-14(9-7-13)25(23,24)18(10-4-11-18)17(22)20-15-5-2-3-12-19-16(15)21/h6-9,15H,2-5,10-12H2,1H3,(H,19,21)(H,20,22)/t15-/m0/s1. The molecule has 1 atom stereocenters. The highest BCUT2D eigenvalue weighted by Crippen LogP contribution is 2.43. The number of rotatable bonds is 4. The summed E-state index contributed by atoms with van der Waals surface area (Å²) >= 11 is 0. The summed E-state index contributed by atoms with van der Waals surface area (Å²) < 4.78 is 24.8. The van der Waals surface area contributed by atoms with E-state index in [1.54, 1.807) is 24.3 Å². The van der Waals surface area contributed by atoms with Gasteiger partial charge >= 0.3 is 0 Å². The van der Waals surface area contributed by atoms with Crippen LogP contribution in [0, 0.1) is 6.92 Å². The molecule has 0 aromatic heterocycles. The molecule has 0 spiro atoms. The molecule has 1 saturated heterocycles. The molecule has 3 rings (SSSR count). The summed E-state index contributed by atoms with van der Waals surface area (Å²) in [5.41, 5.74) is 0.959. The van der Waals surface area contributed by atoms with Crippen molar-refractivity contribution < 1.29 is 18.0 Å². The smallest absolute Gasteiger partial charge is 0.242 e. The molecule has 1 saturated carbocycles. The minimum atomic E-state index is -3.80. The summed E-state index contributed by atoms with van der Waals surface area (Å²) in [5, 5.41) is 5.47. The summed E-state index contributed by atoms with van der Waals surface area (Å²) in [7, 11) is -3.80. The van der Waals surface area contributed by atoms with E-state index >= 15 is 0 Å². The summed E-state index contributed by atoms with van der Waals surface area (Å²) in [6, 6.07) is 5.92. The van der Waals surface area contributed by atoms with Gasteiger partial charge in [0, 0.05) is 6.54 Å². The number of carbonyl (C=O) groups excluding carboxylic acids is 2. The van der Waals surface area contributed by atoms with Crippen molar-refractivity contribution in [2.75, 3.05) is 6.54 Å². The van der Waals surface area contributed by atoms with E-state index in [1.807, 2.05) is 6.92 Å². The van der Waals surface area contributed by atoms with Crippen molar-refractivity contribution in [3.8, 4) is 0 Å². The van der Waals surface area contributed by atoms with E-state index in [0.717, 1.165) is 18.4 Å². The highest BCUT2D eigenvalue weighted by atomic mass is 32.2. The Morgan fingerprint density at radius 1 is 1.16 bits per heavy atom. The summed E-state index contributed by atoms with van der Waals surface area (Å²) in [4.78, 5) is 25.1. The Hall–Kier alpha value is -1.89. The molecule has 2 fully saturated rings. The zero-order chi connectivity index (χ0) is 18.1. The summed E-state index contributed by atoms with van der Waals surface area (Å²) in [6.07, 6.45) is 3.51. The second-order valence-electron chi connectivity index (χ2n) is 6.98. The van der Waals surface area contributed by atoms with Crippen molar-refractivity contribution >= 4 is 21.7 Å². The molecule has 6 nitrogen and oxygen atoms in total. The molecular formula is C18H24N2O4S. The SMILES string of the molecule is Cc1ccc(S(=O)(=O)C2(C(=O)N[C@H]3CCCCNC3=O)CCC2)cc1. The van der Waals surface area contributed by atoms with Crippen LogP contribution in [0.15, 0.2) is 29.2 Å². The second-order valence-corrected chi connectivity index (χ2v) is 9.24. The molecule has 25 heavy (non-hydrogen) atoms. The van der Waals surface area contributed by atoms with Gasteiger partial charge in [-0.1, -0.05) is 17.7 Å². The van der Waals surface area contributed by atoms with E-state index in [9.17, 15) is 18.0 Å². The normalized spacial score (nSPS) is 23.1. The van der Waals surface area contributed by atoms with Gasteiger partial charge in [-0.3, -0.25) is 9.59 Å². The largest absolute Gasteiger partial charge is 0.354 e. The van der Waals surface area contributed by atoms with Gasteiger partial charge in [0.1, 0.15) is 6.04 Å². The maximum atomic E-state index is 13.1. The van der Waals surface area contributed by atoms with E-state index < -0.39 is 26.5 Å². The maximum Gasteiger partial charge on any atom is 0.242 e. The number of sulfone groups is 1. The third-order valence-electron chi connectivity index (χ3n) is 5.26. The monoisotopic (exact) mass is 364 g/mol. The van der Waals surface area contributed by atoms with Crippen molar-refractivity contribution in [3.63, 3.8) is 0 Å². The minimum Gasteiger partial charge on any atom is -0.354 e. The molecule has 1 aliphatic heterocycles. The Balaban J connectivity index is 1.85. The lowest BCUT2D eigenvalue weighted by molar-refractivity contribution is -0.131. The third kappa shape index (κ3) is 3.17. The summed E-state index contributed by atoms with van der Waals surface area (Å²) in [6.45, 7) is 2.48. The molecule has 2 aliphatic rings. The van der Waals surface area contributed by atoms with Crippen LogP contribution in [0.1, 0.15) is 44.1 Å². The molecule has 1 aromatic carbocycles. The number of hydrogen-bond donors (Lipinski definition) is 2. The van der Waals surface area contributed by atoms with Gasteiger partial charge in [0.2, 0.25) is 11.8 Å². The van der Waals surface area contributed by atoms with Crippen molar-refractivity contribution in [1.82, 2.24) is 10.6 Å². The molecule has 1 heterocycles. The number of carbonyl (C=O) groups is 2.